The first-order valence-electron chi connectivity index (χ1n) is 5.19. The van der Waals surface area contributed by atoms with Crippen molar-refractivity contribution in [2.24, 2.45) is 0 Å². The van der Waals surface area contributed by atoms with E-state index in [4.69, 9.17) is 14.9 Å². The van der Waals surface area contributed by atoms with Crippen molar-refractivity contribution in [1.29, 1.82) is 0 Å². The van der Waals surface area contributed by atoms with Gasteiger partial charge in [-0.15, -0.1) is 0 Å². The topological polar surface area (TPSA) is 66.8 Å². The first kappa shape index (κ1) is 13.4. The van der Waals surface area contributed by atoms with Gasteiger partial charge in [0.05, 0.1) is 0 Å². The Balaban J connectivity index is 3.35. The fourth-order valence-electron chi connectivity index (χ4n) is 1.07. The Kier molecular flexibility index (Phi) is 8.57. The fraction of sp³-hybridized carbons (Fsp3) is 0.900. The molecule has 0 spiro atoms. The Morgan fingerprint density at radius 2 is 2.07 bits per heavy atom. The number of rotatable bonds is 8. The third kappa shape index (κ3) is 8.01. The minimum Gasteiger partial charge on any atom is -0.436 e. The van der Waals surface area contributed by atoms with E-state index >= 15 is 0 Å². The summed E-state index contributed by atoms with van der Waals surface area (Å²) in [4.78, 5) is 11.0. The molecule has 0 radical (unpaired) electrons. The Labute approximate surface area is 84.9 Å². The number of hydrogen-bond donors (Lipinski definition) is 2. The smallest absolute Gasteiger partial charge is 0.308 e. The molecule has 0 aliphatic rings. The van der Waals surface area contributed by atoms with Crippen molar-refractivity contribution in [2.45, 2.75) is 51.7 Å². The highest BCUT2D eigenvalue weighted by Gasteiger charge is 2.08. The second kappa shape index (κ2) is 8.97. The van der Waals surface area contributed by atoms with Crippen LogP contribution in [0.2, 0.25) is 0 Å². The number of aliphatic hydroxyl groups is 2. The van der Waals surface area contributed by atoms with Gasteiger partial charge in [-0.05, 0) is 12.8 Å². The Morgan fingerprint density at radius 1 is 1.36 bits per heavy atom. The quantitative estimate of drug-likeness (QED) is 0.354. The highest BCUT2D eigenvalue weighted by atomic mass is 16.6. The van der Waals surface area contributed by atoms with Gasteiger partial charge in [-0.25, -0.2) is 0 Å². The monoisotopic (exact) mass is 204 g/mol. The Hall–Kier alpha value is -0.610. The van der Waals surface area contributed by atoms with Crippen molar-refractivity contribution < 1.29 is 19.7 Å². The van der Waals surface area contributed by atoms with Crippen LogP contribution < -0.4 is 0 Å². The molecule has 0 heterocycles. The van der Waals surface area contributed by atoms with Gasteiger partial charge in [0.25, 0.3) is 0 Å². The normalized spacial score (nSPS) is 12.5. The van der Waals surface area contributed by atoms with Crippen LogP contribution in [0.1, 0.15) is 45.4 Å². The molecule has 0 fully saturated rings. The average Bonchev–Trinajstić information content (AvgIpc) is 2.13. The number of esters is 1. The molecule has 0 aliphatic heterocycles. The van der Waals surface area contributed by atoms with E-state index in [2.05, 4.69) is 0 Å². The summed E-state index contributed by atoms with van der Waals surface area (Å²) < 4.78 is 4.73. The molecule has 0 aliphatic carbocycles. The zero-order valence-electron chi connectivity index (χ0n) is 8.74. The van der Waals surface area contributed by atoms with Crippen molar-refractivity contribution in [3.05, 3.63) is 0 Å². The van der Waals surface area contributed by atoms with Crippen LogP contribution in [0.4, 0.5) is 0 Å². The first-order chi connectivity index (χ1) is 6.70. The highest BCUT2D eigenvalue weighted by Crippen LogP contribution is 2.04. The van der Waals surface area contributed by atoms with Crippen molar-refractivity contribution in [2.75, 3.05) is 6.61 Å². The predicted molar refractivity (Wildman–Crippen MR) is 52.6 cm³/mol. The molecule has 0 aromatic carbocycles. The summed E-state index contributed by atoms with van der Waals surface area (Å²) >= 11 is 0. The van der Waals surface area contributed by atoms with Crippen molar-refractivity contribution in [1.82, 2.24) is 0 Å². The second-order valence-electron chi connectivity index (χ2n) is 3.27. The number of carbonyl (C=O) groups is 1. The summed E-state index contributed by atoms with van der Waals surface area (Å²) in [7, 11) is 0. The maximum absolute atomic E-state index is 11.0. The van der Waals surface area contributed by atoms with E-state index in [-0.39, 0.29) is 12.6 Å². The maximum atomic E-state index is 11.0. The molecular weight excluding hydrogens is 184 g/mol. The van der Waals surface area contributed by atoms with Crippen molar-refractivity contribution in [3.8, 4) is 0 Å². The third-order valence-electron chi connectivity index (χ3n) is 1.84. The summed E-state index contributed by atoms with van der Waals surface area (Å²) in [6, 6.07) is 0. The molecule has 0 aromatic heterocycles. The number of aliphatic hydroxyl groups excluding tert-OH is 2. The van der Waals surface area contributed by atoms with Gasteiger partial charge >= 0.3 is 5.97 Å². The summed E-state index contributed by atoms with van der Waals surface area (Å²) in [6.07, 6.45) is 2.88. The molecule has 0 amide bonds. The SMILES string of the molecule is CCCC(O)OC(=O)CCCCCO. The van der Waals surface area contributed by atoms with Crippen LogP contribution in [0.25, 0.3) is 0 Å². The average molecular weight is 204 g/mol. The van der Waals surface area contributed by atoms with Gasteiger partial charge in [-0.2, -0.15) is 0 Å². The number of ether oxygens (including phenoxy) is 1. The molecule has 2 N–H and O–H groups in total. The summed E-state index contributed by atoms with van der Waals surface area (Å²) in [6.45, 7) is 2.08. The van der Waals surface area contributed by atoms with E-state index < -0.39 is 6.29 Å². The molecule has 4 heteroatoms. The van der Waals surface area contributed by atoms with Gasteiger partial charge in [0.2, 0.25) is 6.29 Å². The van der Waals surface area contributed by atoms with Crippen LogP contribution in [0.5, 0.6) is 0 Å². The van der Waals surface area contributed by atoms with Crippen LogP contribution in [-0.4, -0.2) is 29.1 Å². The second-order valence-corrected chi connectivity index (χ2v) is 3.27. The molecular formula is C10H20O4. The fourth-order valence-corrected chi connectivity index (χ4v) is 1.07. The van der Waals surface area contributed by atoms with Gasteiger partial charge in [0.1, 0.15) is 0 Å². The standard InChI is InChI=1S/C10H20O4/c1-2-6-9(12)14-10(13)7-4-3-5-8-11/h9,11-12H,2-8H2,1H3. The lowest BCUT2D eigenvalue weighted by molar-refractivity contribution is -0.168. The molecule has 0 saturated heterocycles. The highest BCUT2D eigenvalue weighted by molar-refractivity contribution is 5.69. The predicted octanol–water partition coefficient (Wildman–Crippen LogP) is 1.20. The lowest BCUT2D eigenvalue weighted by Gasteiger charge is -2.10. The minimum atomic E-state index is -0.953. The molecule has 84 valence electrons. The van der Waals surface area contributed by atoms with Crippen LogP contribution in [-0.2, 0) is 9.53 Å². The summed E-state index contributed by atoms with van der Waals surface area (Å²) in [5, 5.41) is 17.6. The van der Waals surface area contributed by atoms with E-state index in [1.54, 1.807) is 0 Å². The molecule has 14 heavy (non-hydrogen) atoms. The van der Waals surface area contributed by atoms with Gasteiger partial charge in [-0.1, -0.05) is 19.8 Å². The molecule has 1 atom stereocenters. The Bertz CT molecular complexity index is 147. The lowest BCUT2D eigenvalue weighted by atomic mass is 10.2. The first-order valence-corrected chi connectivity index (χ1v) is 5.19. The zero-order valence-corrected chi connectivity index (χ0v) is 8.74. The summed E-state index contributed by atoms with van der Waals surface area (Å²) in [5.74, 6) is -0.358. The minimum absolute atomic E-state index is 0.160. The number of unbranched alkanes of at least 4 members (excludes halogenated alkanes) is 2. The van der Waals surface area contributed by atoms with Crippen molar-refractivity contribution in [3.63, 3.8) is 0 Å². The van der Waals surface area contributed by atoms with Gasteiger partial charge in [0.15, 0.2) is 0 Å². The van der Waals surface area contributed by atoms with E-state index in [0.29, 0.717) is 25.7 Å². The largest absolute Gasteiger partial charge is 0.436 e. The zero-order chi connectivity index (χ0) is 10.8. The van der Waals surface area contributed by atoms with Crippen molar-refractivity contribution >= 4 is 5.97 Å². The maximum Gasteiger partial charge on any atom is 0.308 e. The number of carbonyl (C=O) groups excluding carboxylic acids is 1. The molecule has 0 aromatic rings. The van der Waals surface area contributed by atoms with Crippen LogP contribution in [0.15, 0.2) is 0 Å². The van der Waals surface area contributed by atoms with E-state index in [1.807, 2.05) is 6.92 Å². The third-order valence-corrected chi connectivity index (χ3v) is 1.84. The number of hydrogen-bond acceptors (Lipinski definition) is 4. The molecule has 1 unspecified atom stereocenters. The van der Waals surface area contributed by atoms with Crippen LogP contribution in [0.3, 0.4) is 0 Å². The van der Waals surface area contributed by atoms with Gasteiger partial charge < -0.3 is 14.9 Å². The van der Waals surface area contributed by atoms with E-state index in [1.165, 1.54) is 0 Å². The molecule has 0 bridgehead atoms. The lowest BCUT2D eigenvalue weighted by Crippen LogP contribution is -2.16. The molecule has 0 rings (SSSR count). The summed E-state index contributed by atoms with van der Waals surface area (Å²) in [5.41, 5.74) is 0. The van der Waals surface area contributed by atoms with E-state index in [9.17, 15) is 4.79 Å². The molecule has 0 saturated carbocycles. The van der Waals surface area contributed by atoms with Gasteiger partial charge in [0, 0.05) is 19.4 Å². The van der Waals surface area contributed by atoms with Crippen LogP contribution >= 0.6 is 0 Å². The Morgan fingerprint density at radius 3 is 2.64 bits per heavy atom. The van der Waals surface area contributed by atoms with Crippen LogP contribution in [0, 0.1) is 0 Å². The van der Waals surface area contributed by atoms with Gasteiger partial charge in [-0.3, -0.25) is 4.79 Å². The molecule has 4 nitrogen and oxygen atoms in total. The van der Waals surface area contributed by atoms with E-state index in [0.717, 1.165) is 12.8 Å².